The van der Waals surface area contributed by atoms with Crippen LogP contribution in [-0.4, -0.2) is 21.0 Å². The Balaban J connectivity index is 2.38. The van der Waals surface area contributed by atoms with Crippen LogP contribution in [0.5, 0.6) is 0 Å². The van der Waals surface area contributed by atoms with E-state index in [2.05, 4.69) is 9.97 Å². The lowest BCUT2D eigenvalue weighted by molar-refractivity contribution is 0.0695. The van der Waals surface area contributed by atoms with Crippen molar-refractivity contribution in [2.24, 2.45) is 0 Å². The van der Waals surface area contributed by atoms with Crippen molar-refractivity contribution in [2.75, 3.05) is 0 Å². The lowest BCUT2D eigenvalue weighted by Crippen LogP contribution is -2.15. The van der Waals surface area contributed by atoms with E-state index >= 15 is 0 Å². The van der Waals surface area contributed by atoms with Crippen molar-refractivity contribution in [1.29, 1.82) is 0 Å². The summed E-state index contributed by atoms with van der Waals surface area (Å²) in [6, 6.07) is 5.12. The standard InChI is InChI=1S/C15H8Cl2N2O3/c16-11-3-1-2-7(12(11)17)8-4-18-5-9-13(8)19-6-10(14(9)20)15(21)22/h1-6H,(H,19,20)(H,21,22). The Labute approximate surface area is 134 Å². The second kappa shape index (κ2) is 5.44. The Kier molecular flexibility index (Phi) is 3.60. The summed E-state index contributed by atoms with van der Waals surface area (Å²) >= 11 is 12.2. The van der Waals surface area contributed by atoms with E-state index in [1.807, 2.05) is 0 Å². The Morgan fingerprint density at radius 3 is 2.68 bits per heavy atom. The van der Waals surface area contributed by atoms with Crippen molar-refractivity contribution in [2.45, 2.75) is 0 Å². The minimum Gasteiger partial charge on any atom is -0.477 e. The van der Waals surface area contributed by atoms with Gasteiger partial charge in [-0.25, -0.2) is 4.79 Å². The number of aromatic nitrogens is 2. The third-order valence-electron chi connectivity index (χ3n) is 3.27. The Morgan fingerprint density at radius 1 is 1.18 bits per heavy atom. The first-order valence-corrected chi connectivity index (χ1v) is 6.93. The van der Waals surface area contributed by atoms with Gasteiger partial charge < -0.3 is 10.1 Å². The van der Waals surface area contributed by atoms with Gasteiger partial charge in [0, 0.05) is 29.7 Å². The lowest BCUT2D eigenvalue weighted by Gasteiger charge is -2.09. The number of hydrogen-bond donors (Lipinski definition) is 2. The molecule has 0 aliphatic heterocycles. The molecule has 22 heavy (non-hydrogen) atoms. The largest absolute Gasteiger partial charge is 0.477 e. The molecular formula is C15H8Cl2N2O3. The van der Waals surface area contributed by atoms with Crippen molar-refractivity contribution >= 4 is 40.1 Å². The Hall–Kier alpha value is -2.37. The summed E-state index contributed by atoms with van der Waals surface area (Å²) in [6.07, 6.45) is 4.02. The zero-order chi connectivity index (χ0) is 15.9. The molecule has 0 amide bonds. The molecule has 2 heterocycles. The predicted octanol–water partition coefficient (Wildman–Crippen LogP) is 3.60. The number of H-pyrrole nitrogens is 1. The number of halogens is 2. The highest BCUT2D eigenvalue weighted by atomic mass is 35.5. The summed E-state index contributed by atoms with van der Waals surface area (Å²) in [5.41, 5.74) is 0.677. The molecule has 0 fully saturated rings. The summed E-state index contributed by atoms with van der Waals surface area (Å²) in [4.78, 5) is 30.1. The number of hydrogen-bond acceptors (Lipinski definition) is 3. The molecule has 5 nitrogen and oxygen atoms in total. The van der Waals surface area contributed by atoms with E-state index in [0.29, 0.717) is 26.7 Å². The third-order valence-corrected chi connectivity index (χ3v) is 4.09. The molecule has 3 aromatic rings. The smallest absolute Gasteiger partial charge is 0.341 e. The molecule has 0 radical (unpaired) electrons. The van der Waals surface area contributed by atoms with Gasteiger partial charge in [-0.15, -0.1) is 0 Å². The lowest BCUT2D eigenvalue weighted by atomic mass is 10.0. The van der Waals surface area contributed by atoms with Crippen LogP contribution in [-0.2, 0) is 0 Å². The maximum absolute atomic E-state index is 12.2. The third kappa shape index (κ3) is 2.24. The number of aromatic carboxylic acids is 1. The zero-order valence-electron chi connectivity index (χ0n) is 10.9. The second-order valence-corrected chi connectivity index (χ2v) is 5.33. The summed E-state index contributed by atoms with van der Waals surface area (Å²) in [5.74, 6) is -1.30. The number of benzene rings is 1. The summed E-state index contributed by atoms with van der Waals surface area (Å²) in [5, 5.41) is 9.90. The number of carboxylic acid groups (broad SMARTS) is 1. The van der Waals surface area contributed by atoms with E-state index in [-0.39, 0.29) is 10.9 Å². The van der Waals surface area contributed by atoms with Gasteiger partial charge in [0.05, 0.1) is 20.9 Å². The van der Waals surface area contributed by atoms with Crippen molar-refractivity contribution in [3.8, 4) is 11.1 Å². The van der Waals surface area contributed by atoms with Gasteiger partial charge in [0.15, 0.2) is 0 Å². The number of pyridine rings is 2. The highest BCUT2D eigenvalue weighted by Gasteiger charge is 2.16. The molecule has 0 bridgehead atoms. The van der Waals surface area contributed by atoms with Crippen molar-refractivity contribution in [3.63, 3.8) is 0 Å². The molecule has 0 aliphatic carbocycles. The first-order valence-electron chi connectivity index (χ1n) is 6.17. The van der Waals surface area contributed by atoms with Gasteiger partial charge in [-0.05, 0) is 6.07 Å². The van der Waals surface area contributed by atoms with E-state index in [0.717, 1.165) is 6.20 Å². The maximum Gasteiger partial charge on any atom is 0.341 e. The van der Waals surface area contributed by atoms with Crippen LogP contribution in [0.25, 0.3) is 22.0 Å². The predicted molar refractivity (Wildman–Crippen MR) is 84.8 cm³/mol. The normalized spacial score (nSPS) is 10.8. The Bertz CT molecular complexity index is 967. The molecule has 3 rings (SSSR count). The first kappa shape index (κ1) is 14.6. The molecule has 110 valence electrons. The molecule has 0 atom stereocenters. The fraction of sp³-hybridized carbons (Fsp3) is 0. The van der Waals surface area contributed by atoms with Crippen LogP contribution in [0.4, 0.5) is 0 Å². The number of fused-ring (bicyclic) bond motifs is 1. The van der Waals surface area contributed by atoms with Crippen LogP contribution in [0.2, 0.25) is 10.0 Å². The number of nitrogens with one attached hydrogen (secondary N) is 1. The molecule has 0 saturated carbocycles. The maximum atomic E-state index is 12.2. The van der Waals surface area contributed by atoms with Crippen LogP contribution in [0.1, 0.15) is 10.4 Å². The van der Waals surface area contributed by atoms with Gasteiger partial charge in [-0.3, -0.25) is 9.78 Å². The quantitative estimate of drug-likeness (QED) is 0.750. The second-order valence-electron chi connectivity index (χ2n) is 4.55. The van der Waals surface area contributed by atoms with Gasteiger partial charge in [-0.2, -0.15) is 0 Å². The molecule has 2 aromatic heterocycles. The zero-order valence-corrected chi connectivity index (χ0v) is 12.4. The topological polar surface area (TPSA) is 83.0 Å². The summed E-state index contributed by atoms with van der Waals surface area (Å²) in [6.45, 7) is 0. The molecule has 1 aromatic carbocycles. The molecule has 0 spiro atoms. The average Bonchev–Trinajstić information content (AvgIpc) is 2.50. The van der Waals surface area contributed by atoms with Crippen molar-refractivity contribution in [1.82, 2.24) is 9.97 Å². The van der Waals surface area contributed by atoms with Gasteiger partial charge in [0.1, 0.15) is 5.56 Å². The molecule has 7 heteroatoms. The number of aromatic amines is 1. The molecule has 2 N–H and O–H groups in total. The highest BCUT2D eigenvalue weighted by Crippen LogP contribution is 2.35. The molecule has 0 aliphatic rings. The van der Waals surface area contributed by atoms with E-state index in [1.165, 1.54) is 12.4 Å². The SMILES string of the molecule is O=C(O)c1c[nH]c2c(-c3cccc(Cl)c3Cl)cncc2c1=O. The van der Waals surface area contributed by atoms with Gasteiger partial charge in [0.2, 0.25) is 5.43 Å². The first-order chi connectivity index (χ1) is 10.5. The minimum absolute atomic E-state index is 0.174. The highest BCUT2D eigenvalue weighted by molar-refractivity contribution is 6.43. The van der Waals surface area contributed by atoms with Gasteiger partial charge in [-0.1, -0.05) is 35.3 Å². The number of carboxylic acids is 1. The van der Waals surface area contributed by atoms with Crippen LogP contribution in [0.3, 0.4) is 0 Å². The summed E-state index contributed by atoms with van der Waals surface area (Å²) < 4.78 is 0. The van der Waals surface area contributed by atoms with Crippen LogP contribution >= 0.6 is 23.2 Å². The monoisotopic (exact) mass is 334 g/mol. The minimum atomic E-state index is -1.30. The van der Waals surface area contributed by atoms with Crippen molar-refractivity contribution < 1.29 is 9.90 Å². The number of nitrogens with zero attached hydrogens (tertiary/aromatic N) is 1. The fourth-order valence-corrected chi connectivity index (χ4v) is 2.62. The Morgan fingerprint density at radius 2 is 1.95 bits per heavy atom. The van der Waals surface area contributed by atoms with E-state index in [4.69, 9.17) is 28.3 Å². The molecule has 0 saturated heterocycles. The summed E-state index contributed by atoms with van der Waals surface area (Å²) in [7, 11) is 0. The molecular weight excluding hydrogens is 327 g/mol. The average molecular weight is 335 g/mol. The number of rotatable bonds is 2. The fourth-order valence-electron chi connectivity index (χ4n) is 2.22. The van der Waals surface area contributed by atoms with Gasteiger partial charge in [0.25, 0.3) is 0 Å². The van der Waals surface area contributed by atoms with E-state index in [9.17, 15) is 9.59 Å². The van der Waals surface area contributed by atoms with Gasteiger partial charge >= 0.3 is 5.97 Å². The van der Waals surface area contributed by atoms with Crippen LogP contribution < -0.4 is 5.43 Å². The molecule has 0 unspecified atom stereocenters. The van der Waals surface area contributed by atoms with Crippen molar-refractivity contribution in [3.05, 3.63) is 62.6 Å². The van der Waals surface area contributed by atoms with Crippen LogP contribution in [0.15, 0.2) is 41.6 Å². The number of carbonyl (C=O) groups is 1. The van der Waals surface area contributed by atoms with E-state index in [1.54, 1.807) is 18.2 Å². The van der Waals surface area contributed by atoms with E-state index < -0.39 is 11.4 Å². The van der Waals surface area contributed by atoms with Crippen LogP contribution in [0, 0.1) is 0 Å².